The van der Waals surface area contributed by atoms with Crippen molar-refractivity contribution in [3.63, 3.8) is 0 Å². The van der Waals surface area contributed by atoms with E-state index < -0.39 is 10.1 Å². The van der Waals surface area contributed by atoms with Crippen LogP contribution in [0.4, 0.5) is 0 Å². The molecule has 48 heavy (non-hydrogen) atoms. The van der Waals surface area contributed by atoms with Gasteiger partial charge in [-0.25, -0.2) is 0 Å². The molecule has 1 aliphatic carbocycles. The third-order valence-corrected chi connectivity index (χ3v) is 10.3. The number of ether oxygens (including phenoxy) is 4. The molecule has 9 heteroatoms. The molecule has 4 aromatic carbocycles. The predicted octanol–water partition coefficient (Wildman–Crippen LogP) is 7.59. The van der Waals surface area contributed by atoms with E-state index in [1.54, 1.807) is 20.3 Å². The number of aryl methyl sites for hydroxylation is 1. The lowest BCUT2D eigenvalue weighted by Crippen LogP contribution is -2.33. The minimum atomic E-state index is -4.57. The Balaban J connectivity index is 1.43. The average Bonchev–Trinajstić information content (AvgIpc) is 3.11. The normalized spacial score (nSPS) is 15.2. The number of benzene rings is 4. The van der Waals surface area contributed by atoms with E-state index in [0.717, 1.165) is 83.1 Å². The van der Waals surface area contributed by atoms with Gasteiger partial charge in [0.1, 0.15) is 34.5 Å². The molecule has 0 unspecified atom stereocenters. The van der Waals surface area contributed by atoms with E-state index >= 15 is 0 Å². The second kappa shape index (κ2) is 14.8. The Bertz CT molecular complexity index is 1890. The summed E-state index contributed by atoms with van der Waals surface area (Å²) >= 11 is 0. The van der Waals surface area contributed by atoms with Crippen LogP contribution in [0.15, 0.2) is 83.8 Å². The van der Waals surface area contributed by atoms with E-state index in [1.165, 1.54) is 38.0 Å². The van der Waals surface area contributed by atoms with Gasteiger partial charge < -0.3 is 18.9 Å². The maximum Gasteiger partial charge on any atom is 0.298 e. The van der Waals surface area contributed by atoms with Crippen LogP contribution in [0.1, 0.15) is 47.9 Å². The second-order valence-electron chi connectivity index (χ2n) is 12.2. The van der Waals surface area contributed by atoms with Gasteiger partial charge >= 0.3 is 0 Å². The summed E-state index contributed by atoms with van der Waals surface area (Å²) in [6.07, 6.45) is 5.86. The average molecular weight is 670 g/mol. The molecule has 1 N–H and O–H groups in total. The van der Waals surface area contributed by atoms with Crippen molar-refractivity contribution in [3.8, 4) is 34.1 Å². The first-order valence-electron chi connectivity index (χ1n) is 16.5. The molecule has 8 nitrogen and oxygen atoms in total. The van der Waals surface area contributed by atoms with Gasteiger partial charge in [0, 0.05) is 17.7 Å². The highest BCUT2D eigenvalue weighted by atomic mass is 32.2. The Morgan fingerprint density at radius 3 is 2.23 bits per heavy atom. The van der Waals surface area contributed by atoms with Crippen molar-refractivity contribution in [2.45, 2.75) is 43.4 Å². The van der Waals surface area contributed by atoms with Crippen molar-refractivity contribution in [3.05, 3.63) is 101 Å². The van der Waals surface area contributed by atoms with E-state index in [4.69, 9.17) is 18.9 Å². The number of nitrogens with zero attached hydrogens (tertiary/aromatic N) is 1. The van der Waals surface area contributed by atoms with Crippen LogP contribution in [-0.2, 0) is 23.0 Å². The molecule has 2 aliphatic rings. The molecule has 4 aromatic rings. The van der Waals surface area contributed by atoms with Gasteiger partial charge in [-0.1, -0.05) is 48.9 Å². The third-order valence-electron chi connectivity index (χ3n) is 9.40. The maximum absolute atomic E-state index is 12.5. The molecule has 0 amide bonds. The molecule has 0 atom stereocenters. The number of allylic oxidation sites excluding steroid dienone is 2. The number of likely N-dealkylation sites (tertiary alicyclic amines) is 1. The fourth-order valence-corrected chi connectivity index (χ4v) is 7.68. The van der Waals surface area contributed by atoms with E-state index in [2.05, 4.69) is 23.1 Å². The van der Waals surface area contributed by atoms with Crippen LogP contribution in [0.5, 0.6) is 23.0 Å². The van der Waals surface area contributed by atoms with Crippen molar-refractivity contribution in [2.24, 2.45) is 0 Å². The molecule has 252 valence electrons. The zero-order valence-corrected chi connectivity index (χ0v) is 28.6. The predicted molar refractivity (Wildman–Crippen MR) is 189 cm³/mol. The van der Waals surface area contributed by atoms with Crippen molar-refractivity contribution >= 4 is 21.3 Å². The highest BCUT2D eigenvalue weighted by molar-refractivity contribution is 7.86. The molecule has 1 heterocycles. The maximum atomic E-state index is 12.5. The van der Waals surface area contributed by atoms with Gasteiger partial charge in [0.15, 0.2) is 0 Å². The lowest BCUT2D eigenvalue weighted by Gasteiger charge is -2.27. The highest BCUT2D eigenvalue weighted by Gasteiger charge is 2.27. The summed E-state index contributed by atoms with van der Waals surface area (Å²) in [7, 11) is 0.203. The van der Waals surface area contributed by atoms with E-state index in [0.29, 0.717) is 18.6 Å². The first kappa shape index (κ1) is 33.6. The summed E-state index contributed by atoms with van der Waals surface area (Å²) in [6.45, 7) is 3.70. The second-order valence-corrected chi connectivity index (χ2v) is 13.6. The Morgan fingerprint density at radius 2 is 1.52 bits per heavy atom. The summed E-state index contributed by atoms with van der Waals surface area (Å²) < 4.78 is 58.5. The topological polar surface area (TPSA) is 94.5 Å². The largest absolute Gasteiger partial charge is 0.497 e. The SMILES string of the molecule is COc1ccc2c(c1)CCC(c1ccccc1OC)=C2Cc1ccc(S(=O)(=O)O)c(OC)c1-c1ccc(OCCN2CCCCC2)cc1. The summed E-state index contributed by atoms with van der Waals surface area (Å²) in [6, 6.07) is 25.0. The molecule has 0 spiro atoms. The monoisotopic (exact) mass is 669 g/mol. The number of hydrogen-bond donors (Lipinski definition) is 1. The number of para-hydroxylation sites is 1. The van der Waals surface area contributed by atoms with Gasteiger partial charge in [-0.15, -0.1) is 0 Å². The van der Waals surface area contributed by atoms with Crippen molar-refractivity contribution in [2.75, 3.05) is 47.6 Å². The van der Waals surface area contributed by atoms with Gasteiger partial charge in [-0.05, 0) is 115 Å². The number of hydrogen-bond acceptors (Lipinski definition) is 7. The zero-order chi connectivity index (χ0) is 33.7. The Labute approximate surface area is 283 Å². The minimum Gasteiger partial charge on any atom is -0.497 e. The van der Waals surface area contributed by atoms with Crippen molar-refractivity contribution in [1.29, 1.82) is 0 Å². The number of piperidine rings is 1. The van der Waals surface area contributed by atoms with E-state index in [1.807, 2.05) is 48.5 Å². The number of methoxy groups -OCH3 is 3. The van der Waals surface area contributed by atoms with E-state index in [9.17, 15) is 13.0 Å². The van der Waals surface area contributed by atoms with Crippen molar-refractivity contribution < 1.29 is 31.9 Å². The summed E-state index contributed by atoms with van der Waals surface area (Å²) in [5.74, 6) is 2.42. The lowest BCUT2D eigenvalue weighted by atomic mass is 9.79. The van der Waals surface area contributed by atoms with Crippen molar-refractivity contribution in [1.82, 2.24) is 4.90 Å². The van der Waals surface area contributed by atoms with Gasteiger partial charge in [0.25, 0.3) is 10.1 Å². The minimum absolute atomic E-state index is 0.0963. The molecule has 1 saturated heterocycles. The van der Waals surface area contributed by atoms with E-state index in [-0.39, 0.29) is 10.6 Å². The molecule has 0 bridgehead atoms. The Morgan fingerprint density at radius 1 is 0.771 bits per heavy atom. The van der Waals surface area contributed by atoms with Crippen LogP contribution in [0.3, 0.4) is 0 Å². The third kappa shape index (κ3) is 7.23. The number of rotatable bonds is 12. The molecular weight excluding hydrogens is 626 g/mol. The molecule has 0 aromatic heterocycles. The molecule has 1 fully saturated rings. The first-order valence-corrected chi connectivity index (χ1v) is 17.9. The number of fused-ring (bicyclic) bond motifs is 1. The van der Waals surface area contributed by atoms with Gasteiger partial charge in [-0.2, -0.15) is 8.42 Å². The van der Waals surface area contributed by atoms with Gasteiger partial charge in [-0.3, -0.25) is 9.45 Å². The molecule has 1 aliphatic heterocycles. The molecule has 0 saturated carbocycles. The quantitative estimate of drug-likeness (QED) is 0.154. The Hall–Kier alpha value is -4.31. The van der Waals surface area contributed by atoms with Crippen LogP contribution >= 0.6 is 0 Å². The van der Waals surface area contributed by atoms with Crippen LogP contribution in [-0.4, -0.2) is 65.4 Å². The summed E-state index contributed by atoms with van der Waals surface area (Å²) in [5, 5.41) is 0. The Kier molecular flexibility index (Phi) is 10.4. The van der Waals surface area contributed by atoms with Crippen LogP contribution in [0, 0.1) is 0 Å². The fraction of sp³-hybridized carbons (Fsp3) is 0.333. The highest BCUT2D eigenvalue weighted by Crippen LogP contribution is 2.46. The molecule has 0 radical (unpaired) electrons. The smallest absolute Gasteiger partial charge is 0.298 e. The first-order chi connectivity index (χ1) is 23.3. The molecule has 6 rings (SSSR count). The van der Waals surface area contributed by atoms with Gasteiger partial charge in [0.05, 0.1) is 21.3 Å². The lowest BCUT2D eigenvalue weighted by molar-refractivity contribution is 0.183. The van der Waals surface area contributed by atoms with Gasteiger partial charge in [0.2, 0.25) is 0 Å². The summed E-state index contributed by atoms with van der Waals surface area (Å²) in [5.41, 5.74) is 7.76. The summed E-state index contributed by atoms with van der Waals surface area (Å²) in [4.78, 5) is 2.15. The standard InChI is InChI=1S/C39H43NO7S/c1-44-31-17-19-32-28(25-31)13-18-33(34-9-5-6-10-36(34)45-2)35(32)26-29-14-20-37(48(41,42)43)39(46-3)38(29)27-11-15-30(16-12-27)47-24-23-40-21-7-4-8-22-40/h5-6,9-12,14-17,19-20,25H,4,7-8,13,18,21-24,26H2,1-3H3,(H,41,42,43). The van der Waals surface area contributed by atoms with Crippen LogP contribution in [0.25, 0.3) is 22.3 Å². The fourth-order valence-electron chi connectivity index (χ4n) is 7.02. The zero-order valence-electron chi connectivity index (χ0n) is 27.8. The molecular formula is C39H43NO7S. The van der Waals surface area contributed by atoms with Crippen LogP contribution in [0.2, 0.25) is 0 Å². The van der Waals surface area contributed by atoms with Crippen LogP contribution < -0.4 is 18.9 Å².